The zero-order valence-electron chi connectivity index (χ0n) is 12.7. The number of rotatable bonds is 3. The van der Waals surface area contributed by atoms with Crippen molar-refractivity contribution in [2.24, 2.45) is 0 Å². The second-order valence-electron chi connectivity index (χ2n) is 5.86. The van der Waals surface area contributed by atoms with Gasteiger partial charge >= 0.3 is 5.97 Å². The van der Waals surface area contributed by atoms with E-state index in [4.69, 9.17) is 9.72 Å². The molecule has 0 atom stereocenters. The number of aromatic nitrogens is 1. The summed E-state index contributed by atoms with van der Waals surface area (Å²) in [5.74, 6) is -0.228. The van der Waals surface area contributed by atoms with Crippen molar-refractivity contribution in [2.45, 2.75) is 31.8 Å². The Morgan fingerprint density at radius 1 is 1.13 bits per heavy atom. The van der Waals surface area contributed by atoms with Crippen LogP contribution in [0.4, 0.5) is 0 Å². The fourth-order valence-corrected chi connectivity index (χ4v) is 3.80. The smallest absolute Gasteiger partial charge is 0.339 e. The number of benzene rings is 1. The maximum atomic E-state index is 12.7. The number of thiophene rings is 1. The van der Waals surface area contributed by atoms with E-state index in [9.17, 15) is 4.79 Å². The predicted octanol–water partition coefficient (Wildman–Crippen LogP) is 5.06. The van der Waals surface area contributed by atoms with Crippen molar-refractivity contribution in [1.82, 2.24) is 4.98 Å². The quantitative estimate of drug-likeness (QED) is 0.632. The second-order valence-corrected chi connectivity index (χ2v) is 6.81. The zero-order chi connectivity index (χ0) is 15.6. The van der Waals surface area contributed by atoms with Crippen molar-refractivity contribution >= 4 is 28.2 Å². The average molecular weight is 323 g/mol. The molecule has 4 heteroatoms. The first-order valence-corrected chi connectivity index (χ1v) is 8.84. The molecule has 3 aromatic rings. The Morgan fingerprint density at radius 2 is 1.96 bits per heavy atom. The van der Waals surface area contributed by atoms with Gasteiger partial charge in [-0.25, -0.2) is 9.78 Å². The Morgan fingerprint density at radius 3 is 2.74 bits per heavy atom. The lowest BCUT2D eigenvalue weighted by Gasteiger charge is -2.13. The number of carbonyl (C=O) groups is 1. The van der Waals surface area contributed by atoms with Gasteiger partial charge in [0.15, 0.2) is 0 Å². The molecular weight excluding hydrogens is 306 g/mol. The van der Waals surface area contributed by atoms with Gasteiger partial charge in [0.2, 0.25) is 0 Å². The maximum absolute atomic E-state index is 12.7. The first-order chi connectivity index (χ1) is 11.3. The van der Waals surface area contributed by atoms with E-state index >= 15 is 0 Å². The van der Waals surface area contributed by atoms with E-state index in [0.29, 0.717) is 5.56 Å². The van der Waals surface area contributed by atoms with E-state index in [1.54, 1.807) is 11.3 Å². The van der Waals surface area contributed by atoms with Crippen LogP contribution >= 0.6 is 11.3 Å². The van der Waals surface area contributed by atoms with Gasteiger partial charge < -0.3 is 4.74 Å². The summed E-state index contributed by atoms with van der Waals surface area (Å²) >= 11 is 1.62. The van der Waals surface area contributed by atoms with Crippen molar-refractivity contribution in [1.29, 1.82) is 0 Å². The van der Waals surface area contributed by atoms with Gasteiger partial charge in [0.05, 0.1) is 21.7 Å². The highest BCUT2D eigenvalue weighted by Crippen LogP contribution is 2.29. The number of hydrogen-bond donors (Lipinski definition) is 0. The molecule has 1 aliphatic carbocycles. The fourth-order valence-electron chi connectivity index (χ4n) is 3.12. The number of fused-ring (bicyclic) bond motifs is 1. The molecule has 0 unspecified atom stereocenters. The van der Waals surface area contributed by atoms with Gasteiger partial charge in [0.25, 0.3) is 0 Å². The number of pyridine rings is 1. The lowest BCUT2D eigenvalue weighted by molar-refractivity contribution is 0.0320. The molecule has 3 nitrogen and oxygen atoms in total. The van der Waals surface area contributed by atoms with Crippen molar-refractivity contribution in [3.05, 3.63) is 53.4 Å². The number of para-hydroxylation sites is 1. The molecule has 0 saturated heterocycles. The van der Waals surface area contributed by atoms with Crippen molar-refractivity contribution in [3.63, 3.8) is 0 Å². The summed E-state index contributed by atoms with van der Waals surface area (Å²) in [6.45, 7) is 0. The Bertz CT molecular complexity index is 836. The van der Waals surface area contributed by atoms with Gasteiger partial charge in [0.1, 0.15) is 6.10 Å². The van der Waals surface area contributed by atoms with Crippen LogP contribution in [0.15, 0.2) is 47.8 Å². The summed E-state index contributed by atoms with van der Waals surface area (Å²) in [6, 6.07) is 13.6. The molecule has 23 heavy (non-hydrogen) atoms. The third-order valence-electron chi connectivity index (χ3n) is 4.29. The van der Waals surface area contributed by atoms with Crippen molar-refractivity contribution < 1.29 is 9.53 Å². The molecule has 1 saturated carbocycles. The molecule has 2 heterocycles. The summed E-state index contributed by atoms with van der Waals surface area (Å²) in [4.78, 5) is 18.4. The van der Waals surface area contributed by atoms with Crippen molar-refractivity contribution in [2.75, 3.05) is 0 Å². The SMILES string of the molecule is O=C(OC1CCCC1)c1cc(-c2cccs2)nc2ccccc12. The van der Waals surface area contributed by atoms with Gasteiger partial charge in [-0.2, -0.15) is 0 Å². The molecule has 0 amide bonds. The van der Waals surface area contributed by atoms with Crippen LogP contribution in [0.2, 0.25) is 0 Å². The second kappa shape index (κ2) is 6.13. The molecule has 1 aliphatic rings. The predicted molar refractivity (Wildman–Crippen MR) is 92.7 cm³/mol. The molecule has 0 spiro atoms. The molecule has 116 valence electrons. The average Bonchev–Trinajstić information content (AvgIpc) is 3.27. The Balaban J connectivity index is 1.78. The molecule has 0 N–H and O–H groups in total. The van der Waals surface area contributed by atoms with Crippen LogP contribution in [0.25, 0.3) is 21.5 Å². The highest BCUT2D eigenvalue weighted by Gasteiger charge is 2.22. The molecule has 2 aromatic heterocycles. The highest BCUT2D eigenvalue weighted by atomic mass is 32.1. The van der Waals surface area contributed by atoms with E-state index in [2.05, 4.69) is 0 Å². The number of carbonyl (C=O) groups excluding carboxylic acids is 1. The van der Waals surface area contributed by atoms with E-state index in [0.717, 1.165) is 47.2 Å². The molecule has 0 aliphatic heterocycles. The van der Waals surface area contributed by atoms with Gasteiger partial charge in [-0.15, -0.1) is 11.3 Å². The van der Waals surface area contributed by atoms with Crippen LogP contribution in [0.1, 0.15) is 36.0 Å². The van der Waals surface area contributed by atoms with Crippen LogP contribution in [0, 0.1) is 0 Å². The first kappa shape index (κ1) is 14.4. The summed E-state index contributed by atoms with van der Waals surface area (Å²) in [5.41, 5.74) is 2.28. The molecular formula is C19H17NO2S. The number of nitrogens with zero attached hydrogens (tertiary/aromatic N) is 1. The Hall–Kier alpha value is -2.20. The van der Waals surface area contributed by atoms with Gasteiger partial charge in [-0.1, -0.05) is 24.3 Å². The molecule has 1 aromatic carbocycles. The topological polar surface area (TPSA) is 39.2 Å². The van der Waals surface area contributed by atoms with Crippen LogP contribution in [-0.4, -0.2) is 17.1 Å². The van der Waals surface area contributed by atoms with E-state index in [-0.39, 0.29) is 12.1 Å². The maximum Gasteiger partial charge on any atom is 0.339 e. The third kappa shape index (κ3) is 2.86. The summed E-state index contributed by atoms with van der Waals surface area (Å²) < 4.78 is 5.71. The fraction of sp³-hybridized carbons (Fsp3) is 0.263. The lowest BCUT2D eigenvalue weighted by Crippen LogP contribution is -2.15. The van der Waals surface area contributed by atoms with Crippen LogP contribution in [0.5, 0.6) is 0 Å². The van der Waals surface area contributed by atoms with Crippen LogP contribution in [0.3, 0.4) is 0 Å². The Kier molecular flexibility index (Phi) is 3.83. The third-order valence-corrected chi connectivity index (χ3v) is 5.18. The number of ether oxygens (including phenoxy) is 1. The molecule has 1 fully saturated rings. The minimum Gasteiger partial charge on any atom is -0.459 e. The molecule has 4 rings (SSSR count). The first-order valence-electron chi connectivity index (χ1n) is 7.96. The van der Waals surface area contributed by atoms with E-state index in [1.165, 1.54) is 0 Å². The van der Waals surface area contributed by atoms with Crippen LogP contribution in [-0.2, 0) is 4.74 Å². The summed E-state index contributed by atoms with van der Waals surface area (Å²) in [6.07, 6.45) is 4.32. The van der Waals surface area contributed by atoms with Gasteiger partial charge in [-0.05, 0) is 49.3 Å². The highest BCUT2D eigenvalue weighted by molar-refractivity contribution is 7.13. The molecule has 0 bridgehead atoms. The summed E-state index contributed by atoms with van der Waals surface area (Å²) in [5, 5.41) is 2.87. The number of esters is 1. The monoisotopic (exact) mass is 323 g/mol. The van der Waals surface area contributed by atoms with Crippen molar-refractivity contribution in [3.8, 4) is 10.6 Å². The van der Waals surface area contributed by atoms with E-state index in [1.807, 2.05) is 47.8 Å². The normalized spacial score (nSPS) is 15.1. The largest absolute Gasteiger partial charge is 0.459 e. The summed E-state index contributed by atoms with van der Waals surface area (Å²) in [7, 11) is 0. The van der Waals surface area contributed by atoms with Crippen LogP contribution < -0.4 is 0 Å². The zero-order valence-corrected chi connectivity index (χ0v) is 13.5. The number of hydrogen-bond acceptors (Lipinski definition) is 4. The van der Waals surface area contributed by atoms with Gasteiger partial charge in [-0.3, -0.25) is 0 Å². The van der Waals surface area contributed by atoms with Gasteiger partial charge in [0, 0.05) is 5.39 Å². The Labute approximate surface area is 138 Å². The molecule has 0 radical (unpaired) electrons. The van der Waals surface area contributed by atoms with E-state index < -0.39 is 0 Å². The minimum atomic E-state index is -0.228. The minimum absolute atomic E-state index is 0.0691. The standard InChI is InChI=1S/C19H17NO2S/c21-19(22-13-6-1-2-7-13)15-12-17(18-10-5-11-23-18)20-16-9-4-3-8-14(15)16/h3-5,8-13H,1-2,6-7H2. The lowest BCUT2D eigenvalue weighted by atomic mass is 10.1.